The second-order valence-corrected chi connectivity index (χ2v) is 5.91. The van der Waals surface area contributed by atoms with Gasteiger partial charge in [-0.3, -0.25) is 0 Å². The fourth-order valence-corrected chi connectivity index (χ4v) is 2.80. The van der Waals surface area contributed by atoms with Crippen molar-refractivity contribution in [2.24, 2.45) is 0 Å². The number of aromatic nitrogens is 4. The summed E-state index contributed by atoms with van der Waals surface area (Å²) in [6.07, 6.45) is 3.19. The van der Waals surface area contributed by atoms with Gasteiger partial charge in [-0.25, -0.2) is 19.4 Å². The van der Waals surface area contributed by atoms with Gasteiger partial charge in [-0.1, -0.05) is 0 Å². The van der Waals surface area contributed by atoms with Crippen LogP contribution in [0.15, 0.2) is 61.1 Å². The summed E-state index contributed by atoms with van der Waals surface area (Å²) in [5.74, 6) is 1.01. The first-order valence-electron chi connectivity index (χ1n) is 8.48. The highest BCUT2D eigenvalue weighted by Gasteiger charge is 2.12. The molecule has 0 atom stereocenters. The molecule has 8 nitrogen and oxygen atoms in total. The third kappa shape index (κ3) is 3.23. The molecule has 0 aliphatic carbocycles. The minimum Gasteiger partial charge on any atom is -0.497 e. The Morgan fingerprint density at radius 2 is 1.75 bits per heavy atom. The van der Waals surface area contributed by atoms with Crippen molar-refractivity contribution in [2.45, 2.75) is 0 Å². The third-order valence-corrected chi connectivity index (χ3v) is 4.25. The second-order valence-electron chi connectivity index (χ2n) is 5.91. The van der Waals surface area contributed by atoms with Gasteiger partial charge in [-0.05, 0) is 48.5 Å². The number of nitrogens with one attached hydrogen (secondary N) is 1. The average Bonchev–Trinajstić information content (AvgIpc) is 3.19. The number of methoxy groups -OCH3 is 2. The van der Waals surface area contributed by atoms with Crippen LogP contribution in [-0.4, -0.2) is 39.9 Å². The smallest absolute Gasteiger partial charge is 0.337 e. The molecule has 0 spiro atoms. The van der Waals surface area contributed by atoms with E-state index in [9.17, 15) is 4.79 Å². The third-order valence-electron chi connectivity index (χ3n) is 4.25. The lowest BCUT2D eigenvalue weighted by molar-refractivity contribution is 0.0601. The Morgan fingerprint density at radius 3 is 2.43 bits per heavy atom. The zero-order valence-electron chi connectivity index (χ0n) is 15.3. The number of carbonyl (C=O) groups excluding carboxylic acids is 1. The van der Waals surface area contributed by atoms with Crippen molar-refractivity contribution in [3.05, 3.63) is 66.6 Å². The number of benzene rings is 2. The van der Waals surface area contributed by atoms with E-state index in [1.165, 1.54) is 13.4 Å². The van der Waals surface area contributed by atoms with Crippen molar-refractivity contribution in [3.63, 3.8) is 0 Å². The van der Waals surface area contributed by atoms with Gasteiger partial charge in [-0.2, -0.15) is 5.10 Å². The maximum absolute atomic E-state index is 11.6. The van der Waals surface area contributed by atoms with Crippen LogP contribution < -0.4 is 10.1 Å². The number of rotatable bonds is 5. The zero-order chi connectivity index (χ0) is 19.5. The van der Waals surface area contributed by atoms with E-state index in [-0.39, 0.29) is 5.97 Å². The SMILES string of the molecule is COC(=O)c1ccc(Nc2ncnc3c2cnn3-c2ccc(OC)cc2)cc1. The summed E-state index contributed by atoms with van der Waals surface area (Å²) in [6.45, 7) is 0. The summed E-state index contributed by atoms with van der Waals surface area (Å²) in [7, 11) is 2.98. The van der Waals surface area contributed by atoms with Crippen LogP contribution >= 0.6 is 0 Å². The number of fused-ring (bicyclic) bond motifs is 1. The van der Waals surface area contributed by atoms with Crippen molar-refractivity contribution in [1.82, 2.24) is 19.7 Å². The van der Waals surface area contributed by atoms with E-state index in [2.05, 4.69) is 20.4 Å². The number of carbonyl (C=O) groups is 1. The molecule has 0 aliphatic heterocycles. The molecule has 0 amide bonds. The molecule has 2 aromatic heterocycles. The van der Waals surface area contributed by atoms with E-state index in [0.717, 1.165) is 22.5 Å². The molecular weight excluding hydrogens is 358 g/mol. The predicted octanol–water partition coefficient (Wildman–Crippen LogP) is 3.35. The largest absolute Gasteiger partial charge is 0.497 e. The Kier molecular flexibility index (Phi) is 4.59. The minimum atomic E-state index is -0.378. The van der Waals surface area contributed by atoms with Crippen molar-refractivity contribution in [1.29, 1.82) is 0 Å². The molecule has 2 heterocycles. The fourth-order valence-electron chi connectivity index (χ4n) is 2.80. The molecular formula is C20H17N5O3. The van der Waals surface area contributed by atoms with Crippen LogP contribution in [0.5, 0.6) is 5.75 Å². The highest BCUT2D eigenvalue weighted by atomic mass is 16.5. The van der Waals surface area contributed by atoms with Crippen LogP contribution in [0, 0.1) is 0 Å². The lowest BCUT2D eigenvalue weighted by Crippen LogP contribution is -2.02. The summed E-state index contributed by atoms with van der Waals surface area (Å²) < 4.78 is 11.6. The number of hydrogen-bond acceptors (Lipinski definition) is 7. The van der Waals surface area contributed by atoms with Crippen LogP contribution in [0.1, 0.15) is 10.4 Å². The van der Waals surface area contributed by atoms with E-state index >= 15 is 0 Å². The lowest BCUT2D eigenvalue weighted by Gasteiger charge is -2.08. The first-order chi connectivity index (χ1) is 13.7. The maximum atomic E-state index is 11.6. The summed E-state index contributed by atoms with van der Waals surface area (Å²) in [5, 5.41) is 8.45. The van der Waals surface area contributed by atoms with Crippen molar-refractivity contribution in [2.75, 3.05) is 19.5 Å². The molecule has 0 fully saturated rings. The van der Waals surface area contributed by atoms with Crippen LogP contribution in [0.25, 0.3) is 16.7 Å². The molecule has 4 aromatic rings. The Morgan fingerprint density at radius 1 is 1.00 bits per heavy atom. The quantitative estimate of drug-likeness (QED) is 0.535. The van der Waals surface area contributed by atoms with Gasteiger partial charge in [-0.15, -0.1) is 0 Å². The highest BCUT2D eigenvalue weighted by molar-refractivity contribution is 5.91. The molecule has 4 rings (SSSR count). The Bertz CT molecular complexity index is 1120. The molecule has 0 saturated heterocycles. The highest BCUT2D eigenvalue weighted by Crippen LogP contribution is 2.25. The van der Waals surface area contributed by atoms with Gasteiger partial charge in [0.15, 0.2) is 5.65 Å². The molecule has 0 unspecified atom stereocenters. The molecule has 0 radical (unpaired) electrons. The molecule has 0 saturated carbocycles. The number of hydrogen-bond donors (Lipinski definition) is 1. The maximum Gasteiger partial charge on any atom is 0.337 e. The van der Waals surface area contributed by atoms with E-state index in [1.54, 1.807) is 42.3 Å². The summed E-state index contributed by atoms with van der Waals surface area (Å²) in [4.78, 5) is 20.2. The molecule has 28 heavy (non-hydrogen) atoms. The van der Waals surface area contributed by atoms with Crippen LogP contribution in [0.2, 0.25) is 0 Å². The summed E-state index contributed by atoms with van der Waals surface area (Å²) >= 11 is 0. The summed E-state index contributed by atoms with van der Waals surface area (Å²) in [6, 6.07) is 14.5. The van der Waals surface area contributed by atoms with Gasteiger partial charge in [0.05, 0.1) is 37.1 Å². The first kappa shape index (κ1) is 17.5. The lowest BCUT2D eigenvalue weighted by atomic mass is 10.2. The molecule has 140 valence electrons. The van der Waals surface area contributed by atoms with Gasteiger partial charge >= 0.3 is 5.97 Å². The van der Waals surface area contributed by atoms with E-state index in [0.29, 0.717) is 17.0 Å². The van der Waals surface area contributed by atoms with E-state index < -0.39 is 0 Å². The van der Waals surface area contributed by atoms with Crippen LogP contribution in [-0.2, 0) is 4.74 Å². The Hall–Kier alpha value is -3.94. The van der Waals surface area contributed by atoms with Gasteiger partial charge in [0.25, 0.3) is 0 Å². The average molecular weight is 375 g/mol. The fraction of sp³-hybridized carbons (Fsp3) is 0.100. The van der Waals surface area contributed by atoms with Crippen molar-refractivity contribution < 1.29 is 14.3 Å². The van der Waals surface area contributed by atoms with Crippen LogP contribution in [0.4, 0.5) is 11.5 Å². The normalized spacial score (nSPS) is 10.6. The number of ether oxygens (including phenoxy) is 2. The second kappa shape index (κ2) is 7.36. The number of esters is 1. The molecule has 8 heteroatoms. The van der Waals surface area contributed by atoms with Gasteiger partial charge in [0, 0.05) is 5.69 Å². The summed E-state index contributed by atoms with van der Waals surface area (Å²) in [5.41, 5.74) is 2.80. The topological polar surface area (TPSA) is 91.2 Å². The van der Waals surface area contributed by atoms with Crippen molar-refractivity contribution >= 4 is 28.5 Å². The molecule has 0 aliphatic rings. The van der Waals surface area contributed by atoms with Gasteiger partial charge < -0.3 is 14.8 Å². The monoisotopic (exact) mass is 375 g/mol. The van der Waals surface area contributed by atoms with Gasteiger partial charge in [0.1, 0.15) is 17.9 Å². The van der Waals surface area contributed by atoms with Crippen LogP contribution in [0.3, 0.4) is 0 Å². The van der Waals surface area contributed by atoms with E-state index in [4.69, 9.17) is 9.47 Å². The molecule has 0 bridgehead atoms. The van der Waals surface area contributed by atoms with Gasteiger partial charge in [0.2, 0.25) is 0 Å². The predicted molar refractivity (Wildman–Crippen MR) is 104 cm³/mol. The number of anilines is 2. The minimum absolute atomic E-state index is 0.378. The first-order valence-corrected chi connectivity index (χ1v) is 8.48. The molecule has 2 aromatic carbocycles. The molecule has 1 N–H and O–H groups in total. The zero-order valence-corrected chi connectivity index (χ0v) is 15.3. The standard InChI is InChI=1S/C20H17N5O3/c1-27-16-9-7-15(8-10-16)25-19-17(11-23-25)18(21-12-22-19)24-14-5-3-13(4-6-14)20(26)28-2/h3-12H,1-2H3,(H,21,22,24). The number of nitrogens with zero attached hydrogens (tertiary/aromatic N) is 4. The van der Waals surface area contributed by atoms with Crippen molar-refractivity contribution in [3.8, 4) is 11.4 Å². The Labute approximate surface area is 160 Å². The Balaban J connectivity index is 1.65. The van der Waals surface area contributed by atoms with E-state index in [1.807, 2.05) is 24.3 Å².